The van der Waals surface area contributed by atoms with E-state index in [0.717, 1.165) is 32.3 Å². The average molecular weight is 729 g/mol. The van der Waals surface area contributed by atoms with E-state index in [9.17, 15) is 9.59 Å². The molecule has 260 valence electrons. The molecule has 0 saturated carbocycles. The van der Waals surface area contributed by atoms with E-state index in [1.54, 1.807) is 12.1 Å². The van der Waals surface area contributed by atoms with E-state index < -0.39 is 15.8 Å². The standard InChI is InChI=1S/C48H39FO2P2/c49-40-32-38(47(34-45(50)36-19-7-1-8-20-36)52(41-23-11-3-12-24-41)42-25-13-4-14-26-42)31-39(33-40)48(35-46(51)37-21-9-2-10-22-37)53(43-27-15-5-16-28-43)44-29-17-6-18-30-44/h1-33,47-48H,34-35H2. The highest BCUT2D eigenvalue weighted by Gasteiger charge is 2.33. The molecule has 7 rings (SSSR count). The van der Waals surface area contributed by atoms with E-state index in [1.165, 1.54) is 0 Å². The summed E-state index contributed by atoms with van der Waals surface area (Å²) in [6, 6.07) is 65.2. The third kappa shape index (κ3) is 8.83. The summed E-state index contributed by atoms with van der Waals surface area (Å²) in [5, 5.41) is 4.43. The number of Topliss-reactive ketones (excluding diaryl/α,β-unsaturated/α-hetero) is 2. The number of rotatable bonds is 14. The minimum Gasteiger partial charge on any atom is -0.294 e. The lowest BCUT2D eigenvalue weighted by molar-refractivity contribution is 0.0974. The van der Waals surface area contributed by atoms with Crippen molar-refractivity contribution in [3.05, 3.63) is 228 Å². The number of benzene rings is 7. The van der Waals surface area contributed by atoms with Gasteiger partial charge in [-0.3, -0.25) is 9.59 Å². The third-order valence-electron chi connectivity index (χ3n) is 9.42. The lowest BCUT2D eigenvalue weighted by Crippen LogP contribution is -2.21. The molecule has 0 bridgehead atoms. The zero-order valence-corrected chi connectivity index (χ0v) is 31.0. The van der Waals surface area contributed by atoms with Crippen LogP contribution in [0.15, 0.2) is 200 Å². The number of carbonyl (C=O) groups excluding carboxylic acids is 2. The number of hydrogen-bond acceptors (Lipinski definition) is 2. The Morgan fingerprint density at radius 2 is 0.660 bits per heavy atom. The molecule has 2 atom stereocenters. The first-order valence-corrected chi connectivity index (χ1v) is 20.6. The predicted octanol–water partition coefficient (Wildman–Crippen LogP) is 10.7. The molecule has 7 aromatic carbocycles. The smallest absolute Gasteiger partial charge is 0.163 e. The highest BCUT2D eigenvalue weighted by molar-refractivity contribution is 7.73. The van der Waals surface area contributed by atoms with Crippen molar-refractivity contribution in [2.45, 2.75) is 24.2 Å². The van der Waals surface area contributed by atoms with Gasteiger partial charge in [-0.2, -0.15) is 0 Å². The van der Waals surface area contributed by atoms with Gasteiger partial charge < -0.3 is 0 Å². The molecule has 0 heterocycles. The Morgan fingerprint density at radius 1 is 0.396 bits per heavy atom. The van der Waals surface area contributed by atoms with Crippen LogP contribution in [0.1, 0.15) is 56.0 Å². The normalized spacial score (nSPS) is 12.4. The first-order valence-electron chi connectivity index (χ1n) is 17.8. The second-order valence-electron chi connectivity index (χ2n) is 12.9. The highest BCUT2D eigenvalue weighted by atomic mass is 31.1. The maximum atomic E-state index is 16.5. The summed E-state index contributed by atoms with van der Waals surface area (Å²) in [4.78, 5) is 28.3. The molecule has 7 aromatic rings. The fourth-order valence-electron chi connectivity index (χ4n) is 6.94. The quantitative estimate of drug-likeness (QED) is 0.0825. The summed E-state index contributed by atoms with van der Waals surface area (Å²) in [7, 11) is -2.32. The maximum absolute atomic E-state index is 16.5. The van der Waals surface area contributed by atoms with Crippen LogP contribution >= 0.6 is 15.8 Å². The molecule has 0 aliphatic rings. The molecule has 53 heavy (non-hydrogen) atoms. The Morgan fingerprint density at radius 3 is 0.943 bits per heavy atom. The lowest BCUT2D eigenvalue weighted by Gasteiger charge is -2.32. The zero-order chi connectivity index (χ0) is 36.4. The van der Waals surface area contributed by atoms with Crippen molar-refractivity contribution in [2.24, 2.45) is 0 Å². The monoisotopic (exact) mass is 728 g/mol. The van der Waals surface area contributed by atoms with Gasteiger partial charge in [0.05, 0.1) is 0 Å². The molecule has 0 N–H and O–H groups in total. The Labute approximate surface area is 313 Å². The number of halogens is 1. The van der Waals surface area contributed by atoms with Crippen LogP contribution in [0, 0.1) is 5.82 Å². The van der Waals surface area contributed by atoms with Gasteiger partial charge in [0.2, 0.25) is 0 Å². The van der Waals surface area contributed by atoms with Crippen molar-refractivity contribution in [2.75, 3.05) is 0 Å². The molecule has 2 nitrogen and oxygen atoms in total. The molecule has 0 amide bonds. The van der Waals surface area contributed by atoms with Crippen molar-refractivity contribution >= 4 is 48.6 Å². The molecule has 2 unspecified atom stereocenters. The fourth-order valence-corrected chi connectivity index (χ4v) is 12.5. The van der Waals surface area contributed by atoms with Gasteiger partial charge in [-0.25, -0.2) is 4.39 Å². The van der Waals surface area contributed by atoms with Crippen LogP contribution in [0.25, 0.3) is 0 Å². The van der Waals surface area contributed by atoms with Gasteiger partial charge >= 0.3 is 0 Å². The van der Waals surface area contributed by atoms with Crippen LogP contribution in [0.5, 0.6) is 0 Å². The highest BCUT2D eigenvalue weighted by Crippen LogP contribution is 2.55. The molecular formula is C48H39FO2P2. The fraction of sp³-hybridized carbons (Fsp3) is 0.0833. The summed E-state index contributed by atoms with van der Waals surface area (Å²) in [6.45, 7) is 0. The van der Waals surface area contributed by atoms with Crippen LogP contribution < -0.4 is 21.2 Å². The van der Waals surface area contributed by atoms with E-state index in [0.29, 0.717) is 11.1 Å². The largest absolute Gasteiger partial charge is 0.294 e. The Balaban J connectivity index is 1.42. The number of hydrogen-bond donors (Lipinski definition) is 0. The molecule has 0 radical (unpaired) electrons. The molecule has 0 fully saturated rings. The second-order valence-corrected chi connectivity index (χ2v) is 17.7. The number of ketones is 2. The van der Waals surface area contributed by atoms with Crippen LogP contribution in [0.3, 0.4) is 0 Å². The van der Waals surface area contributed by atoms with Crippen molar-refractivity contribution in [1.82, 2.24) is 0 Å². The molecule has 0 aliphatic heterocycles. The van der Waals surface area contributed by atoms with Crippen molar-refractivity contribution in [1.29, 1.82) is 0 Å². The topological polar surface area (TPSA) is 34.1 Å². The first-order chi connectivity index (χ1) is 26.0. The Bertz CT molecular complexity index is 2000. The SMILES string of the molecule is O=C(CC(c1cc(F)cc(C(CC(=O)c2ccccc2)P(c2ccccc2)c2ccccc2)c1)P(c1ccccc1)c1ccccc1)c1ccccc1. The van der Waals surface area contributed by atoms with E-state index >= 15 is 4.39 Å². The van der Waals surface area contributed by atoms with E-state index in [2.05, 4.69) is 54.6 Å². The summed E-state index contributed by atoms with van der Waals surface area (Å²) >= 11 is 0. The van der Waals surface area contributed by atoms with Crippen molar-refractivity contribution in [3.63, 3.8) is 0 Å². The first kappa shape index (κ1) is 36.0. The molecule has 0 aliphatic carbocycles. The average Bonchev–Trinajstić information content (AvgIpc) is 3.22. The predicted molar refractivity (Wildman–Crippen MR) is 221 cm³/mol. The summed E-state index contributed by atoms with van der Waals surface area (Å²) in [5.74, 6) is -0.362. The van der Waals surface area contributed by atoms with E-state index in [1.807, 2.05) is 133 Å². The summed E-state index contributed by atoms with van der Waals surface area (Å²) in [6.07, 6.45) is 0.393. The van der Waals surface area contributed by atoms with E-state index in [-0.39, 0.29) is 41.5 Å². The van der Waals surface area contributed by atoms with Gasteiger partial charge in [0, 0.05) is 35.3 Å². The van der Waals surface area contributed by atoms with Gasteiger partial charge in [0.15, 0.2) is 11.6 Å². The zero-order valence-electron chi connectivity index (χ0n) is 29.2. The molecule has 0 aromatic heterocycles. The van der Waals surface area contributed by atoms with Crippen molar-refractivity contribution in [3.8, 4) is 0 Å². The van der Waals surface area contributed by atoms with Gasteiger partial charge in [-0.1, -0.05) is 188 Å². The number of carbonyl (C=O) groups is 2. The van der Waals surface area contributed by atoms with Crippen LogP contribution in [0.4, 0.5) is 4.39 Å². The van der Waals surface area contributed by atoms with Gasteiger partial charge in [0.1, 0.15) is 5.82 Å². The molecular weight excluding hydrogens is 689 g/mol. The van der Waals surface area contributed by atoms with Crippen LogP contribution in [-0.2, 0) is 0 Å². The van der Waals surface area contributed by atoms with E-state index in [4.69, 9.17) is 0 Å². The van der Waals surface area contributed by atoms with Gasteiger partial charge in [-0.05, 0) is 60.3 Å². The molecule has 0 spiro atoms. The summed E-state index contributed by atoms with van der Waals surface area (Å²) < 4.78 is 16.5. The third-order valence-corrected chi connectivity index (χ3v) is 15.0. The minimum absolute atomic E-state index is 0.00685. The second kappa shape index (κ2) is 17.5. The molecule has 0 saturated heterocycles. The van der Waals surface area contributed by atoms with Gasteiger partial charge in [0.25, 0.3) is 0 Å². The lowest BCUT2D eigenvalue weighted by atomic mass is 9.97. The van der Waals surface area contributed by atoms with Crippen LogP contribution in [0.2, 0.25) is 0 Å². The Kier molecular flexibility index (Phi) is 11.9. The molecule has 5 heteroatoms. The van der Waals surface area contributed by atoms with Crippen LogP contribution in [-0.4, -0.2) is 11.6 Å². The Hall–Kier alpha value is -5.33. The van der Waals surface area contributed by atoms with Crippen molar-refractivity contribution < 1.29 is 14.0 Å². The maximum Gasteiger partial charge on any atom is 0.163 e. The summed E-state index contributed by atoms with van der Waals surface area (Å²) in [5.41, 5.74) is 2.10. The van der Waals surface area contributed by atoms with Gasteiger partial charge in [-0.15, -0.1) is 0 Å². The minimum atomic E-state index is -1.16.